The molecule has 2 aromatic carbocycles. The van der Waals surface area contributed by atoms with Crippen molar-refractivity contribution in [1.82, 2.24) is 20.1 Å². The third-order valence-electron chi connectivity index (χ3n) is 5.08. The van der Waals surface area contributed by atoms with E-state index in [2.05, 4.69) is 15.5 Å². The van der Waals surface area contributed by atoms with E-state index < -0.39 is 17.7 Å². The Morgan fingerprint density at radius 1 is 1.18 bits per heavy atom. The van der Waals surface area contributed by atoms with Crippen LogP contribution in [0.2, 0.25) is 0 Å². The van der Waals surface area contributed by atoms with E-state index in [-0.39, 0.29) is 17.2 Å². The summed E-state index contributed by atoms with van der Waals surface area (Å²) in [5.74, 6) is 0.314. The highest BCUT2D eigenvalue weighted by molar-refractivity contribution is 7.99. The minimum absolute atomic E-state index is 0.0293. The summed E-state index contributed by atoms with van der Waals surface area (Å²) >= 11 is 1.20. The number of carbonyl (C=O) groups is 1. The lowest BCUT2D eigenvalue weighted by molar-refractivity contribution is -0.119. The van der Waals surface area contributed by atoms with Crippen molar-refractivity contribution in [2.75, 3.05) is 12.9 Å². The minimum Gasteiger partial charge on any atom is -0.497 e. The van der Waals surface area contributed by atoms with E-state index in [1.54, 1.807) is 26.4 Å². The Hall–Kier alpha value is -3.66. The predicted molar refractivity (Wildman–Crippen MR) is 123 cm³/mol. The van der Waals surface area contributed by atoms with Crippen LogP contribution in [0.3, 0.4) is 0 Å². The molecular weight excluding hydrogens is 462 g/mol. The standard InChI is InChI=1S/C24H22F2N4O3S/c1-15(20-9-8-17(25)12-21(20)26)27-22(31)14-34-24-29-28-23(16-5-3-6-18(11-16)32-2)30(24)13-19-7-4-10-33-19/h3-12,15H,13-14H2,1-2H3,(H,27,31). The first-order valence-electron chi connectivity index (χ1n) is 10.4. The van der Waals surface area contributed by atoms with Gasteiger partial charge in [-0.1, -0.05) is 30.0 Å². The van der Waals surface area contributed by atoms with E-state index in [9.17, 15) is 13.6 Å². The highest BCUT2D eigenvalue weighted by Gasteiger charge is 2.19. The normalized spacial score (nSPS) is 11.9. The number of thioether (sulfide) groups is 1. The minimum atomic E-state index is -0.707. The van der Waals surface area contributed by atoms with Gasteiger partial charge in [-0.05, 0) is 37.3 Å². The number of nitrogens with one attached hydrogen (secondary N) is 1. The average Bonchev–Trinajstić information content (AvgIpc) is 3.48. The summed E-state index contributed by atoms with van der Waals surface area (Å²) in [4.78, 5) is 12.5. The molecule has 1 N–H and O–H groups in total. The zero-order valence-corrected chi connectivity index (χ0v) is 19.3. The molecule has 1 unspecified atom stereocenters. The summed E-state index contributed by atoms with van der Waals surface area (Å²) in [6, 6.07) is 13.7. The molecule has 0 aliphatic heterocycles. The lowest BCUT2D eigenvalue weighted by Crippen LogP contribution is -2.28. The van der Waals surface area contributed by atoms with Crippen molar-refractivity contribution in [3.05, 3.63) is 83.8 Å². The van der Waals surface area contributed by atoms with Crippen molar-refractivity contribution < 1.29 is 22.7 Å². The van der Waals surface area contributed by atoms with Gasteiger partial charge in [0.2, 0.25) is 5.91 Å². The average molecular weight is 485 g/mol. The van der Waals surface area contributed by atoms with Gasteiger partial charge < -0.3 is 14.5 Å². The molecule has 1 amide bonds. The smallest absolute Gasteiger partial charge is 0.230 e. The molecule has 2 heterocycles. The zero-order chi connectivity index (χ0) is 24.1. The van der Waals surface area contributed by atoms with Gasteiger partial charge in [0, 0.05) is 17.2 Å². The van der Waals surface area contributed by atoms with Gasteiger partial charge in [-0.15, -0.1) is 10.2 Å². The van der Waals surface area contributed by atoms with E-state index in [4.69, 9.17) is 9.15 Å². The molecule has 0 aliphatic rings. The summed E-state index contributed by atoms with van der Waals surface area (Å²) in [6.45, 7) is 2.01. The fourth-order valence-electron chi connectivity index (χ4n) is 3.42. The fourth-order valence-corrected chi connectivity index (χ4v) is 4.16. The van der Waals surface area contributed by atoms with Crippen molar-refractivity contribution in [1.29, 1.82) is 0 Å². The summed E-state index contributed by atoms with van der Waals surface area (Å²) in [5.41, 5.74) is 1.01. The number of aromatic nitrogens is 3. The van der Waals surface area contributed by atoms with Gasteiger partial charge in [-0.2, -0.15) is 0 Å². The molecule has 0 saturated heterocycles. The fraction of sp³-hybridized carbons (Fsp3) is 0.208. The second-order valence-corrected chi connectivity index (χ2v) is 8.39. The molecule has 0 fully saturated rings. The van der Waals surface area contributed by atoms with Crippen LogP contribution < -0.4 is 10.1 Å². The molecule has 0 saturated carbocycles. The largest absolute Gasteiger partial charge is 0.497 e. The molecule has 4 aromatic rings. The van der Waals surface area contributed by atoms with Crippen LogP contribution in [0.15, 0.2) is 70.4 Å². The van der Waals surface area contributed by atoms with E-state index in [0.29, 0.717) is 29.0 Å². The highest BCUT2D eigenvalue weighted by atomic mass is 32.2. The molecular formula is C24H22F2N4O3S. The molecule has 176 valence electrons. The topological polar surface area (TPSA) is 82.2 Å². The first-order valence-corrected chi connectivity index (χ1v) is 11.4. The summed E-state index contributed by atoms with van der Waals surface area (Å²) in [6.07, 6.45) is 1.58. The maximum Gasteiger partial charge on any atom is 0.230 e. The lowest BCUT2D eigenvalue weighted by atomic mass is 10.1. The van der Waals surface area contributed by atoms with Gasteiger partial charge >= 0.3 is 0 Å². The number of halogens is 2. The second kappa shape index (κ2) is 10.5. The first-order chi connectivity index (χ1) is 16.4. The van der Waals surface area contributed by atoms with Gasteiger partial charge in [0.1, 0.15) is 23.1 Å². The molecule has 0 bridgehead atoms. The van der Waals surface area contributed by atoms with E-state index in [1.807, 2.05) is 34.9 Å². The Bertz CT molecular complexity index is 1280. The van der Waals surface area contributed by atoms with Gasteiger partial charge in [0.05, 0.1) is 31.7 Å². The van der Waals surface area contributed by atoms with Gasteiger partial charge in [-0.25, -0.2) is 8.78 Å². The number of carbonyl (C=O) groups excluding carboxylic acids is 1. The predicted octanol–water partition coefficient (Wildman–Crippen LogP) is 4.84. The quantitative estimate of drug-likeness (QED) is 0.342. The van der Waals surface area contributed by atoms with E-state index in [0.717, 1.165) is 17.7 Å². The van der Waals surface area contributed by atoms with Crippen LogP contribution in [0.4, 0.5) is 8.78 Å². The number of rotatable bonds is 9. The molecule has 2 aromatic heterocycles. The summed E-state index contributed by atoms with van der Waals surface area (Å²) in [7, 11) is 1.59. The Kier molecular flexibility index (Phi) is 7.27. The number of hydrogen-bond donors (Lipinski definition) is 1. The van der Waals surface area contributed by atoms with Crippen molar-refractivity contribution >= 4 is 17.7 Å². The maximum atomic E-state index is 14.0. The molecule has 0 radical (unpaired) electrons. The summed E-state index contributed by atoms with van der Waals surface area (Å²) < 4.78 is 39.8. The van der Waals surface area contributed by atoms with Crippen LogP contribution in [0, 0.1) is 11.6 Å². The number of ether oxygens (including phenoxy) is 1. The number of hydrogen-bond acceptors (Lipinski definition) is 6. The Morgan fingerprint density at radius 3 is 2.76 bits per heavy atom. The number of amides is 1. The molecule has 0 aliphatic carbocycles. The number of furan rings is 1. The van der Waals surface area contributed by atoms with Crippen LogP contribution in [0.25, 0.3) is 11.4 Å². The van der Waals surface area contributed by atoms with Crippen LogP contribution in [-0.4, -0.2) is 33.5 Å². The molecule has 7 nitrogen and oxygen atoms in total. The summed E-state index contributed by atoms with van der Waals surface area (Å²) in [5, 5.41) is 11.8. The highest BCUT2D eigenvalue weighted by Crippen LogP contribution is 2.28. The monoisotopic (exact) mass is 484 g/mol. The molecule has 4 rings (SSSR count). The second-order valence-electron chi connectivity index (χ2n) is 7.45. The van der Waals surface area contributed by atoms with Crippen LogP contribution in [0.1, 0.15) is 24.3 Å². The molecule has 34 heavy (non-hydrogen) atoms. The van der Waals surface area contributed by atoms with E-state index >= 15 is 0 Å². The van der Waals surface area contributed by atoms with Crippen molar-refractivity contribution in [2.24, 2.45) is 0 Å². The zero-order valence-electron chi connectivity index (χ0n) is 18.5. The Balaban J connectivity index is 1.50. The molecule has 10 heteroatoms. The maximum absolute atomic E-state index is 14.0. The Labute approximate surface area is 199 Å². The SMILES string of the molecule is COc1cccc(-c2nnc(SCC(=O)NC(C)c3ccc(F)cc3F)n2Cc2ccco2)c1. The van der Waals surface area contributed by atoms with Gasteiger partial charge in [0.25, 0.3) is 0 Å². The van der Waals surface area contributed by atoms with E-state index in [1.165, 1.54) is 17.8 Å². The number of nitrogens with zero attached hydrogens (tertiary/aromatic N) is 3. The molecule has 1 atom stereocenters. The van der Waals surface area contributed by atoms with Gasteiger partial charge in [0.15, 0.2) is 11.0 Å². The molecule has 0 spiro atoms. The van der Waals surface area contributed by atoms with Crippen molar-refractivity contribution in [3.8, 4) is 17.1 Å². The van der Waals surface area contributed by atoms with Crippen LogP contribution in [-0.2, 0) is 11.3 Å². The Morgan fingerprint density at radius 2 is 2.03 bits per heavy atom. The first kappa shape index (κ1) is 23.5. The van der Waals surface area contributed by atoms with Crippen LogP contribution >= 0.6 is 11.8 Å². The van der Waals surface area contributed by atoms with Crippen molar-refractivity contribution in [3.63, 3.8) is 0 Å². The van der Waals surface area contributed by atoms with Crippen molar-refractivity contribution in [2.45, 2.75) is 24.7 Å². The third kappa shape index (κ3) is 5.45. The number of methoxy groups -OCH3 is 1. The van der Waals surface area contributed by atoms with Gasteiger partial charge in [-0.3, -0.25) is 9.36 Å². The number of benzene rings is 2. The third-order valence-corrected chi connectivity index (χ3v) is 6.04. The lowest BCUT2D eigenvalue weighted by Gasteiger charge is -2.15. The van der Waals surface area contributed by atoms with Crippen LogP contribution in [0.5, 0.6) is 5.75 Å².